The average Bonchev–Trinajstić information content (AvgIpc) is 2.63. The molecule has 152 valence electrons. The minimum Gasteiger partial charge on any atom is -0.426 e. The Balaban J connectivity index is 2.22. The summed E-state index contributed by atoms with van der Waals surface area (Å²) in [5, 5.41) is 0. The predicted molar refractivity (Wildman–Crippen MR) is 107 cm³/mol. The van der Waals surface area contributed by atoms with Crippen molar-refractivity contribution in [2.45, 2.75) is 13.3 Å². The number of carbonyl (C=O) groups is 3. The summed E-state index contributed by atoms with van der Waals surface area (Å²) in [5.41, 5.74) is 11.8. The minimum absolute atomic E-state index is 0.0196. The second-order valence-corrected chi connectivity index (χ2v) is 6.30. The van der Waals surface area contributed by atoms with Crippen LogP contribution in [0, 0.1) is 0 Å². The summed E-state index contributed by atoms with van der Waals surface area (Å²) in [7, 11) is 3.23. The number of guanidine groups is 1. The Morgan fingerprint density at radius 2 is 1.66 bits per heavy atom. The van der Waals surface area contributed by atoms with Crippen LogP contribution in [-0.4, -0.2) is 42.8 Å². The number of esters is 2. The first-order valence-corrected chi connectivity index (χ1v) is 8.59. The molecule has 0 bridgehead atoms. The zero-order valence-electron chi connectivity index (χ0n) is 16.3. The van der Waals surface area contributed by atoms with Crippen molar-refractivity contribution < 1.29 is 23.9 Å². The Kier molecular flexibility index (Phi) is 6.91. The van der Waals surface area contributed by atoms with E-state index in [-0.39, 0.29) is 35.4 Å². The van der Waals surface area contributed by atoms with Crippen molar-refractivity contribution in [3.8, 4) is 11.5 Å². The van der Waals surface area contributed by atoms with E-state index in [0.717, 1.165) is 0 Å². The summed E-state index contributed by atoms with van der Waals surface area (Å²) in [5.74, 6) is -0.972. The maximum absolute atomic E-state index is 12.4. The van der Waals surface area contributed by atoms with Gasteiger partial charge in [-0.25, -0.2) is 9.79 Å². The van der Waals surface area contributed by atoms with Crippen LogP contribution in [0.1, 0.15) is 22.8 Å². The minimum atomic E-state index is -0.605. The molecular formula is C20H22N4O5. The largest absolute Gasteiger partial charge is 0.426 e. The monoisotopic (exact) mass is 398 g/mol. The molecule has 0 aliphatic heterocycles. The summed E-state index contributed by atoms with van der Waals surface area (Å²) in [6, 6.07) is 10.6. The number of likely N-dealkylation sites (N-methyl/N-ethyl adjacent to an activating group) is 1. The highest BCUT2D eigenvalue weighted by atomic mass is 16.5. The van der Waals surface area contributed by atoms with E-state index >= 15 is 0 Å². The summed E-state index contributed by atoms with van der Waals surface area (Å²) < 4.78 is 10.5. The first kappa shape index (κ1) is 21.4. The number of carbonyl (C=O) groups excluding carboxylic acids is 3. The van der Waals surface area contributed by atoms with Crippen LogP contribution in [0.25, 0.3) is 0 Å². The average molecular weight is 398 g/mol. The third-order valence-corrected chi connectivity index (χ3v) is 3.70. The molecule has 0 aliphatic carbocycles. The molecule has 2 rings (SSSR count). The van der Waals surface area contributed by atoms with Gasteiger partial charge >= 0.3 is 11.9 Å². The lowest BCUT2D eigenvalue weighted by Crippen LogP contribution is -2.24. The Morgan fingerprint density at radius 3 is 2.21 bits per heavy atom. The van der Waals surface area contributed by atoms with Gasteiger partial charge in [0.1, 0.15) is 11.5 Å². The summed E-state index contributed by atoms with van der Waals surface area (Å²) in [6.07, 6.45) is -0.0196. The van der Waals surface area contributed by atoms with E-state index in [1.807, 2.05) is 0 Å². The lowest BCUT2D eigenvalue weighted by Gasteiger charge is -2.14. The molecule has 0 atom stereocenters. The summed E-state index contributed by atoms with van der Waals surface area (Å²) in [6.45, 7) is 1.26. The van der Waals surface area contributed by atoms with Crippen molar-refractivity contribution in [3.05, 3.63) is 53.6 Å². The van der Waals surface area contributed by atoms with Crippen molar-refractivity contribution in [1.29, 1.82) is 0 Å². The standard InChI is InChI=1S/C20H22N4O5/c1-12(25)28-17-9-8-16(10-14(17)11-18(26)24(2)3)29-19(27)13-4-6-15(7-5-13)23-20(21)22/h4-10H,11H2,1-3H3,(H4,21,22,23). The maximum Gasteiger partial charge on any atom is 0.343 e. The van der Waals surface area contributed by atoms with Crippen molar-refractivity contribution in [3.63, 3.8) is 0 Å². The predicted octanol–water partition coefficient (Wildman–Crippen LogP) is 1.37. The van der Waals surface area contributed by atoms with Crippen molar-refractivity contribution >= 4 is 29.5 Å². The smallest absolute Gasteiger partial charge is 0.343 e. The molecule has 0 aliphatic rings. The summed E-state index contributed by atoms with van der Waals surface area (Å²) in [4.78, 5) is 41.0. The van der Waals surface area contributed by atoms with Gasteiger partial charge in [-0.05, 0) is 42.5 Å². The molecule has 0 saturated heterocycles. The topological polar surface area (TPSA) is 137 Å². The number of hydrogen-bond donors (Lipinski definition) is 2. The van der Waals surface area contributed by atoms with Crippen LogP contribution in [0.2, 0.25) is 0 Å². The van der Waals surface area contributed by atoms with Gasteiger partial charge in [-0.3, -0.25) is 9.59 Å². The van der Waals surface area contributed by atoms with Crippen molar-refractivity contribution in [2.75, 3.05) is 14.1 Å². The number of nitrogens with two attached hydrogens (primary N) is 2. The fraction of sp³-hybridized carbons (Fsp3) is 0.200. The van der Waals surface area contributed by atoms with Crippen molar-refractivity contribution in [1.82, 2.24) is 4.90 Å². The van der Waals surface area contributed by atoms with E-state index in [1.54, 1.807) is 26.2 Å². The van der Waals surface area contributed by atoms with Crippen LogP contribution in [0.15, 0.2) is 47.5 Å². The molecular weight excluding hydrogens is 376 g/mol. The van der Waals surface area contributed by atoms with E-state index < -0.39 is 11.9 Å². The molecule has 0 aromatic heterocycles. The van der Waals surface area contributed by atoms with E-state index in [0.29, 0.717) is 11.3 Å². The van der Waals surface area contributed by atoms with Gasteiger partial charge in [0.25, 0.3) is 0 Å². The third kappa shape index (κ3) is 6.35. The normalized spacial score (nSPS) is 10.0. The lowest BCUT2D eigenvalue weighted by molar-refractivity contribution is -0.132. The maximum atomic E-state index is 12.4. The third-order valence-electron chi connectivity index (χ3n) is 3.70. The fourth-order valence-corrected chi connectivity index (χ4v) is 2.32. The molecule has 2 aromatic rings. The first-order valence-electron chi connectivity index (χ1n) is 8.59. The highest BCUT2D eigenvalue weighted by molar-refractivity contribution is 5.91. The molecule has 9 nitrogen and oxygen atoms in total. The molecule has 29 heavy (non-hydrogen) atoms. The lowest BCUT2D eigenvalue weighted by atomic mass is 10.1. The number of rotatable bonds is 6. The molecule has 0 spiro atoms. The highest BCUT2D eigenvalue weighted by Gasteiger charge is 2.16. The zero-order chi connectivity index (χ0) is 21.6. The molecule has 0 fully saturated rings. The van der Waals surface area contributed by atoms with E-state index in [2.05, 4.69) is 4.99 Å². The molecule has 1 amide bonds. The van der Waals surface area contributed by atoms with E-state index in [9.17, 15) is 14.4 Å². The van der Waals surface area contributed by atoms with Gasteiger partial charge in [0.15, 0.2) is 5.96 Å². The van der Waals surface area contributed by atoms with Gasteiger partial charge in [-0.2, -0.15) is 0 Å². The Morgan fingerprint density at radius 1 is 1.00 bits per heavy atom. The quantitative estimate of drug-likeness (QED) is 0.324. The summed E-state index contributed by atoms with van der Waals surface area (Å²) >= 11 is 0. The molecule has 0 heterocycles. The van der Waals surface area contributed by atoms with Gasteiger partial charge in [-0.1, -0.05) is 0 Å². The Labute approximate surface area is 167 Å². The zero-order valence-corrected chi connectivity index (χ0v) is 16.3. The molecule has 0 radical (unpaired) electrons. The van der Waals surface area contributed by atoms with Crippen LogP contribution < -0.4 is 20.9 Å². The van der Waals surface area contributed by atoms with Crippen LogP contribution in [-0.2, 0) is 16.0 Å². The van der Waals surface area contributed by atoms with Crippen LogP contribution in [0.3, 0.4) is 0 Å². The fourth-order valence-electron chi connectivity index (χ4n) is 2.32. The molecule has 2 aromatic carbocycles. The van der Waals surface area contributed by atoms with Gasteiger partial charge < -0.3 is 25.8 Å². The number of aliphatic imine (C=N–C) groups is 1. The highest BCUT2D eigenvalue weighted by Crippen LogP contribution is 2.26. The molecule has 0 saturated carbocycles. The molecule has 4 N–H and O–H groups in total. The van der Waals surface area contributed by atoms with E-state index in [4.69, 9.17) is 20.9 Å². The van der Waals surface area contributed by atoms with E-state index in [1.165, 1.54) is 42.2 Å². The van der Waals surface area contributed by atoms with Gasteiger partial charge in [-0.15, -0.1) is 0 Å². The molecule has 9 heteroatoms. The Hall–Kier alpha value is -3.88. The SMILES string of the molecule is CC(=O)Oc1ccc(OC(=O)c2ccc(N=C(N)N)cc2)cc1CC(=O)N(C)C. The van der Waals surface area contributed by atoms with Gasteiger partial charge in [0.05, 0.1) is 17.7 Å². The number of ether oxygens (including phenoxy) is 2. The number of benzene rings is 2. The van der Waals surface area contributed by atoms with Crippen LogP contribution in [0.4, 0.5) is 5.69 Å². The number of nitrogens with zero attached hydrogens (tertiary/aromatic N) is 2. The van der Waals surface area contributed by atoms with Crippen LogP contribution in [0.5, 0.6) is 11.5 Å². The molecule has 0 unspecified atom stereocenters. The Bertz CT molecular complexity index is 948. The number of hydrogen-bond acceptors (Lipinski definition) is 6. The number of amides is 1. The second-order valence-electron chi connectivity index (χ2n) is 6.30. The van der Waals surface area contributed by atoms with Crippen molar-refractivity contribution in [2.24, 2.45) is 16.5 Å². The first-order chi connectivity index (χ1) is 13.7. The van der Waals surface area contributed by atoms with Gasteiger partial charge in [0, 0.05) is 26.6 Å². The second kappa shape index (κ2) is 9.36. The van der Waals surface area contributed by atoms with Crippen LogP contribution >= 0.6 is 0 Å². The van der Waals surface area contributed by atoms with Gasteiger partial charge in [0.2, 0.25) is 5.91 Å².